The summed E-state index contributed by atoms with van der Waals surface area (Å²) in [5.74, 6) is 1.63. The smallest absolute Gasteiger partial charge is 0.230 e. The maximum Gasteiger partial charge on any atom is 0.230 e. The van der Waals surface area contributed by atoms with E-state index in [4.69, 9.17) is 10.3 Å². The molecule has 6 heteroatoms. The maximum absolute atomic E-state index is 5.88. The zero-order valence-electron chi connectivity index (χ0n) is 9.71. The number of nitrogens with zero attached hydrogens (tertiary/aromatic N) is 4. The van der Waals surface area contributed by atoms with Gasteiger partial charge in [0.25, 0.3) is 0 Å². The molecule has 0 unspecified atom stereocenters. The minimum absolute atomic E-state index is 0.272. The van der Waals surface area contributed by atoms with Crippen LogP contribution in [0.3, 0.4) is 0 Å². The van der Waals surface area contributed by atoms with Crippen LogP contribution in [0.1, 0.15) is 31.1 Å². The molecule has 2 aromatic heterocycles. The van der Waals surface area contributed by atoms with Crippen LogP contribution >= 0.6 is 0 Å². The van der Waals surface area contributed by atoms with Crippen molar-refractivity contribution in [2.45, 2.75) is 31.2 Å². The van der Waals surface area contributed by atoms with E-state index in [1.807, 2.05) is 13.2 Å². The molecule has 0 bridgehead atoms. The highest BCUT2D eigenvalue weighted by Gasteiger charge is 2.28. The Bertz CT molecular complexity index is 517. The van der Waals surface area contributed by atoms with E-state index >= 15 is 0 Å². The predicted octanol–water partition coefficient (Wildman–Crippen LogP) is 1.06. The lowest BCUT2D eigenvalue weighted by Gasteiger charge is -2.01. The van der Waals surface area contributed by atoms with Gasteiger partial charge in [0.15, 0.2) is 0 Å². The van der Waals surface area contributed by atoms with Crippen molar-refractivity contribution in [1.82, 2.24) is 19.9 Å². The molecule has 17 heavy (non-hydrogen) atoms. The van der Waals surface area contributed by atoms with Crippen molar-refractivity contribution in [3.8, 4) is 11.4 Å². The van der Waals surface area contributed by atoms with Crippen molar-refractivity contribution in [2.75, 3.05) is 0 Å². The Hall–Kier alpha value is -1.69. The normalized spacial score (nSPS) is 24.4. The van der Waals surface area contributed by atoms with Crippen molar-refractivity contribution >= 4 is 0 Å². The molecule has 0 spiro atoms. The highest BCUT2D eigenvalue weighted by Crippen LogP contribution is 2.33. The molecule has 1 saturated carbocycles. The Morgan fingerprint density at radius 2 is 2.35 bits per heavy atom. The molecule has 90 valence electrons. The minimum atomic E-state index is 0.272. The van der Waals surface area contributed by atoms with E-state index in [9.17, 15) is 0 Å². The molecule has 2 aromatic rings. The molecular formula is C11H15N5O. The Morgan fingerprint density at radius 1 is 1.47 bits per heavy atom. The summed E-state index contributed by atoms with van der Waals surface area (Å²) in [4.78, 5) is 4.42. The largest absolute Gasteiger partial charge is 0.339 e. The summed E-state index contributed by atoms with van der Waals surface area (Å²) in [6, 6.07) is 0.272. The van der Waals surface area contributed by atoms with Crippen molar-refractivity contribution < 1.29 is 4.52 Å². The Labute approximate surface area is 98.8 Å². The molecule has 2 heterocycles. The fraction of sp³-hybridized carbons (Fsp3) is 0.545. The number of hydrogen-bond donors (Lipinski definition) is 1. The lowest BCUT2D eigenvalue weighted by atomic mass is 10.1. The van der Waals surface area contributed by atoms with E-state index in [2.05, 4.69) is 15.2 Å². The summed E-state index contributed by atoms with van der Waals surface area (Å²) < 4.78 is 7.03. The first kappa shape index (κ1) is 10.5. The Morgan fingerprint density at radius 3 is 3.00 bits per heavy atom. The van der Waals surface area contributed by atoms with Gasteiger partial charge in [-0.2, -0.15) is 10.1 Å². The molecule has 0 saturated heterocycles. The summed E-state index contributed by atoms with van der Waals surface area (Å²) in [6.07, 6.45) is 6.61. The predicted molar refractivity (Wildman–Crippen MR) is 61.1 cm³/mol. The van der Waals surface area contributed by atoms with E-state index in [0.29, 0.717) is 17.6 Å². The van der Waals surface area contributed by atoms with E-state index in [1.165, 1.54) is 0 Å². The first-order chi connectivity index (χ1) is 8.22. The van der Waals surface area contributed by atoms with Gasteiger partial charge in [-0.1, -0.05) is 5.16 Å². The summed E-state index contributed by atoms with van der Waals surface area (Å²) in [7, 11) is 1.86. The van der Waals surface area contributed by atoms with Gasteiger partial charge in [0, 0.05) is 25.2 Å². The molecule has 2 N–H and O–H groups in total. The molecular weight excluding hydrogens is 218 g/mol. The number of rotatable bonds is 2. The molecule has 1 fully saturated rings. The van der Waals surface area contributed by atoms with Crippen LogP contribution in [0.25, 0.3) is 11.4 Å². The first-order valence-electron chi connectivity index (χ1n) is 5.80. The van der Waals surface area contributed by atoms with E-state index in [1.54, 1.807) is 10.9 Å². The molecule has 3 rings (SSSR count). The van der Waals surface area contributed by atoms with E-state index in [0.717, 1.165) is 24.8 Å². The molecule has 0 amide bonds. The molecule has 0 aliphatic heterocycles. The van der Waals surface area contributed by atoms with Gasteiger partial charge in [-0.3, -0.25) is 4.68 Å². The van der Waals surface area contributed by atoms with Gasteiger partial charge >= 0.3 is 0 Å². The molecule has 0 aromatic carbocycles. The van der Waals surface area contributed by atoms with Crippen LogP contribution in [0.5, 0.6) is 0 Å². The maximum atomic E-state index is 5.88. The lowest BCUT2D eigenvalue weighted by Crippen LogP contribution is -2.14. The number of hydrogen-bond acceptors (Lipinski definition) is 5. The molecule has 6 nitrogen and oxygen atoms in total. The van der Waals surface area contributed by atoms with Crippen molar-refractivity contribution in [1.29, 1.82) is 0 Å². The average molecular weight is 233 g/mol. The minimum Gasteiger partial charge on any atom is -0.339 e. The van der Waals surface area contributed by atoms with Crippen molar-refractivity contribution in [2.24, 2.45) is 12.8 Å². The summed E-state index contributed by atoms with van der Waals surface area (Å²) >= 11 is 0. The fourth-order valence-electron chi connectivity index (χ4n) is 2.30. The lowest BCUT2D eigenvalue weighted by molar-refractivity contribution is 0.353. The van der Waals surface area contributed by atoms with Gasteiger partial charge in [-0.25, -0.2) is 0 Å². The van der Waals surface area contributed by atoms with Crippen LogP contribution in [0.15, 0.2) is 16.9 Å². The topological polar surface area (TPSA) is 82.8 Å². The van der Waals surface area contributed by atoms with Crippen LogP contribution in [-0.2, 0) is 7.05 Å². The van der Waals surface area contributed by atoms with Crippen LogP contribution in [0.2, 0.25) is 0 Å². The van der Waals surface area contributed by atoms with Crippen molar-refractivity contribution in [3.63, 3.8) is 0 Å². The van der Waals surface area contributed by atoms with Gasteiger partial charge in [-0.05, 0) is 19.3 Å². The number of aromatic nitrogens is 4. The van der Waals surface area contributed by atoms with Crippen LogP contribution in [0, 0.1) is 0 Å². The van der Waals surface area contributed by atoms with Crippen LogP contribution in [0.4, 0.5) is 0 Å². The van der Waals surface area contributed by atoms with Gasteiger partial charge in [0.2, 0.25) is 11.7 Å². The standard InChI is InChI=1S/C11H15N5O/c1-16-6-8(5-13-16)10-14-11(17-15-10)7-2-3-9(12)4-7/h5-7,9H,2-4,12H2,1H3/t7-,9+/m1/s1. The number of nitrogens with two attached hydrogens (primary N) is 1. The molecule has 0 radical (unpaired) electrons. The summed E-state index contributed by atoms with van der Waals surface area (Å²) in [5.41, 5.74) is 6.76. The third-order valence-corrected chi connectivity index (χ3v) is 3.23. The third kappa shape index (κ3) is 1.95. The summed E-state index contributed by atoms with van der Waals surface area (Å²) in [6.45, 7) is 0. The number of aryl methyl sites for hydroxylation is 1. The molecule has 1 aliphatic carbocycles. The van der Waals surface area contributed by atoms with Gasteiger partial charge in [0.05, 0.1) is 11.8 Å². The second-order valence-corrected chi connectivity index (χ2v) is 4.63. The zero-order chi connectivity index (χ0) is 11.8. The highest BCUT2D eigenvalue weighted by molar-refractivity contribution is 5.51. The second kappa shape index (κ2) is 3.96. The first-order valence-corrected chi connectivity index (χ1v) is 5.80. The van der Waals surface area contributed by atoms with Gasteiger partial charge in [-0.15, -0.1) is 0 Å². The fourth-order valence-corrected chi connectivity index (χ4v) is 2.30. The Kier molecular flexibility index (Phi) is 2.44. The average Bonchev–Trinajstić information content (AvgIpc) is 2.96. The monoisotopic (exact) mass is 233 g/mol. The zero-order valence-corrected chi connectivity index (χ0v) is 9.71. The van der Waals surface area contributed by atoms with E-state index in [-0.39, 0.29) is 6.04 Å². The van der Waals surface area contributed by atoms with Crippen molar-refractivity contribution in [3.05, 3.63) is 18.3 Å². The Balaban J connectivity index is 1.83. The quantitative estimate of drug-likeness (QED) is 0.838. The highest BCUT2D eigenvalue weighted by atomic mass is 16.5. The van der Waals surface area contributed by atoms with E-state index < -0.39 is 0 Å². The van der Waals surface area contributed by atoms with Crippen LogP contribution < -0.4 is 5.73 Å². The molecule has 2 atom stereocenters. The summed E-state index contributed by atoms with van der Waals surface area (Å²) in [5, 5.41) is 8.08. The second-order valence-electron chi connectivity index (χ2n) is 4.63. The van der Waals surface area contributed by atoms with Gasteiger partial charge in [0.1, 0.15) is 0 Å². The third-order valence-electron chi connectivity index (χ3n) is 3.23. The SMILES string of the molecule is Cn1cc(-c2noc([C@@H]3CC[C@H](N)C3)n2)cn1. The van der Waals surface area contributed by atoms with Gasteiger partial charge < -0.3 is 10.3 Å². The van der Waals surface area contributed by atoms with Crippen LogP contribution in [-0.4, -0.2) is 26.0 Å². The molecule has 1 aliphatic rings.